The quantitative estimate of drug-likeness (QED) is 0.509. The smallest absolute Gasteiger partial charge is 0.180 e. The molecule has 0 aromatic rings. The van der Waals surface area contributed by atoms with Gasteiger partial charge in [-0.05, 0) is 5.41 Å². The van der Waals surface area contributed by atoms with E-state index in [2.05, 4.69) is 16.5 Å². The van der Waals surface area contributed by atoms with Gasteiger partial charge in [0.2, 0.25) is 0 Å². The van der Waals surface area contributed by atoms with E-state index >= 15 is 0 Å². The van der Waals surface area contributed by atoms with E-state index < -0.39 is 0 Å². The number of rotatable bonds is 0. The molecule has 0 atom stereocenters. The summed E-state index contributed by atoms with van der Waals surface area (Å²) in [7, 11) is 0. The normalized spacial score (nSPS) is 27.2. The zero-order chi connectivity index (χ0) is 5.40. The molecular weight excluding hydrogens is 138 g/mol. The summed E-state index contributed by atoms with van der Waals surface area (Å²) in [6, 6.07) is 0. The van der Waals surface area contributed by atoms with Crippen LogP contribution in [0.15, 0.2) is 11.6 Å². The van der Waals surface area contributed by atoms with Crippen molar-refractivity contribution in [3.05, 3.63) is 16.3 Å². The van der Waals surface area contributed by atoms with E-state index in [1.165, 1.54) is 17.0 Å². The molecule has 0 N–H and O–H groups in total. The SMILES string of the molecule is C1=CN2CCS[C]2S1. The minimum atomic E-state index is 1.21. The first-order valence-corrected chi connectivity index (χ1v) is 4.43. The Kier molecular flexibility index (Phi) is 1.19. The zero-order valence-electron chi connectivity index (χ0n) is 4.33. The summed E-state index contributed by atoms with van der Waals surface area (Å²) < 4.78 is 1.46. The second-order valence-corrected chi connectivity index (χ2v) is 3.95. The molecule has 2 aliphatic heterocycles. The van der Waals surface area contributed by atoms with Crippen molar-refractivity contribution >= 4 is 23.5 Å². The minimum Gasteiger partial charge on any atom is -0.350 e. The van der Waals surface area contributed by atoms with Gasteiger partial charge >= 0.3 is 0 Å². The van der Waals surface area contributed by atoms with Crippen molar-refractivity contribution in [3.8, 4) is 0 Å². The zero-order valence-corrected chi connectivity index (χ0v) is 5.97. The van der Waals surface area contributed by atoms with Gasteiger partial charge in [-0.3, -0.25) is 0 Å². The van der Waals surface area contributed by atoms with E-state index in [4.69, 9.17) is 0 Å². The maximum atomic E-state index is 2.30. The van der Waals surface area contributed by atoms with Gasteiger partial charge in [-0.2, -0.15) is 0 Å². The van der Waals surface area contributed by atoms with Crippen molar-refractivity contribution < 1.29 is 0 Å². The van der Waals surface area contributed by atoms with E-state index in [1.54, 1.807) is 0 Å². The first-order valence-electron chi connectivity index (χ1n) is 2.56. The lowest BCUT2D eigenvalue weighted by Gasteiger charge is -2.09. The average Bonchev–Trinajstić information content (AvgIpc) is 2.15. The lowest BCUT2D eigenvalue weighted by molar-refractivity contribution is 0.534. The van der Waals surface area contributed by atoms with Gasteiger partial charge in [-0.1, -0.05) is 11.8 Å². The molecule has 1 saturated heterocycles. The van der Waals surface area contributed by atoms with Crippen LogP contribution in [0.4, 0.5) is 0 Å². The van der Waals surface area contributed by atoms with Gasteiger partial charge in [-0.25, -0.2) is 0 Å². The summed E-state index contributed by atoms with van der Waals surface area (Å²) in [4.78, 5) is 2.30. The lowest BCUT2D eigenvalue weighted by Crippen LogP contribution is -2.08. The standard InChI is InChI=1S/C5H6NS2/c1-3-7-5-6(1)2-4-8-5/h1,3H,2,4H2. The molecule has 2 rings (SSSR count). The van der Waals surface area contributed by atoms with Crippen LogP contribution in [0.3, 0.4) is 0 Å². The van der Waals surface area contributed by atoms with Crippen molar-refractivity contribution in [2.24, 2.45) is 0 Å². The largest absolute Gasteiger partial charge is 0.350 e. The fraction of sp³-hybridized carbons (Fsp3) is 0.400. The molecule has 1 nitrogen and oxygen atoms in total. The van der Waals surface area contributed by atoms with E-state index in [0.29, 0.717) is 0 Å². The highest BCUT2D eigenvalue weighted by Crippen LogP contribution is 2.44. The molecule has 0 bridgehead atoms. The van der Waals surface area contributed by atoms with Crippen LogP contribution in [0.2, 0.25) is 0 Å². The number of thioether (sulfide) groups is 2. The summed E-state index contributed by atoms with van der Waals surface area (Å²) in [6.07, 6.45) is 2.15. The fourth-order valence-electron chi connectivity index (χ4n) is 0.805. The molecule has 0 aromatic carbocycles. The Morgan fingerprint density at radius 1 is 1.62 bits per heavy atom. The van der Waals surface area contributed by atoms with Gasteiger partial charge in [0, 0.05) is 18.5 Å². The van der Waals surface area contributed by atoms with Crippen LogP contribution in [0, 0.1) is 4.71 Å². The Labute approximate surface area is 57.5 Å². The van der Waals surface area contributed by atoms with Crippen LogP contribution in [-0.4, -0.2) is 17.2 Å². The van der Waals surface area contributed by atoms with E-state index in [0.717, 1.165) is 0 Å². The summed E-state index contributed by atoms with van der Waals surface area (Å²) in [5, 5.41) is 2.14. The summed E-state index contributed by atoms with van der Waals surface area (Å²) in [6.45, 7) is 1.21. The molecule has 8 heavy (non-hydrogen) atoms. The number of fused-ring (bicyclic) bond motifs is 1. The van der Waals surface area contributed by atoms with Crippen LogP contribution in [0.25, 0.3) is 0 Å². The maximum absolute atomic E-state index is 2.30. The molecule has 2 heterocycles. The maximum Gasteiger partial charge on any atom is 0.180 e. The van der Waals surface area contributed by atoms with Crippen molar-refractivity contribution in [1.82, 2.24) is 4.90 Å². The Morgan fingerprint density at radius 3 is 3.50 bits per heavy atom. The van der Waals surface area contributed by atoms with E-state index in [-0.39, 0.29) is 0 Å². The molecule has 0 amide bonds. The van der Waals surface area contributed by atoms with Gasteiger partial charge in [0.25, 0.3) is 0 Å². The second kappa shape index (κ2) is 1.88. The monoisotopic (exact) mass is 144 g/mol. The molecule has 0 spiro atoms. The molecule has 0 aliphatic carbocycles. The highest BCUT2D eigenvalue weighted by atomic mass is 32.2. The molecule has 0 unspecified atom stereocenters. The third-order valence-corrected chi connectivity index (χ3v) is 3.41. The first kappa shape index (κ1) is 5.06. The molecule has 2 aliphatic rings. The predicted octanol–water partition coefficient (Wildman–Crippen LogP) is 1.70. The van der Waals surface area contributed by atoms with Crippen LogP contribution in [0.1, 0.15) is 0 Å². The third-order valence-electron chi connectivity index (χ3n) is 1.20. The lowest BCUT2D eigenvalue weighted by atomic mass is 10.7. The molecule has 43 valence electrons. The number of hydrogen-bond acceptors (Lipinski definition) is 3. The Balaban J connectivity index is 2.13. The topological polar surface area (TPSA) is 3.24 Å². The summed E-state index contributed by atoms with van der Waals surface area (Å²) in [5.41, 5.74) is 0. The minimum absolute atomic E-state index is 1.21. The van der Waals surface area contributed by atoms with Crippen LogP contribution in [0.5, 0.6) is 0 Å². The van der Waals surface area contributed by atoms with Crippen LogP contribution >= 0.6 is 23.5 Å². The highest BCUT2D eigenvalue weighted by molar-refractivity contribution is 8.22. The van der Waals surface area contributed by atoms with Crippen molar-refractivity contribution in [1.29, 1.82) is 0 Å². The Bertz CT molecular complexity index is 124. The van der Waals surface area contributed by atoms with Gasteiger partial charge in [-0.15, -0.1) is 11.8 Å². The van der Waals surface area contributed by atoms with Gasteiger partial charge < -0.3 is 4.90 Å². The van der Waals surface area contributed by atoms with Gasteiger partial charge in [0.15, 0.2) is 4.71 Å². The highest BCUT2D eigenvalue weighted by Gasteiger charge is 2.26. The van der Waals surface area contributed by atoms with Gasteiger partial charge in [0.1, 0.15) is 0 Å². The predicted molar refractivity (Wildman–Crippen MR) is 39.1 cm³/mol. The van der Waals surface area contributed by atoms with E-state index in [1.807, 2.05) is 23.5 Å². The van der Waals surface area contributed by atoms with Crippen molar-refractivity contribution in [3.63, 3.8) is 0 Å². The molecule has 1 fully saturated rings. The second-order valence-electron chi connectivity index (χ2n) is 1.71. The van der Waals surface area contributed by atoms with E-state index in [9.17, 15) is 0 Å². The Morgan fingerprint density at radius 2 is 2.62 bits per heavy atom. The summed E-state index contributed by atoms with van der Waals surface area (Å²) in [5.74, 6) is 1.27. The van der Waals surface area contributed by atoms with Crippen LogP contribution < -0.4 is 0 Å². The van der Waals surface area contributed by atoms with Crippen LogP contribution in [-0.2, 0) is 0 Å². The van der Waals surface area contributed by atoms with Crippen molar-refractivity contribution in [2.45, 2.75) is 0 Å². The molecule has 1 radical (unpaired) electrons. The molecule has 3 heteroatoms. The molecular formula is C5H6NS2. The number of hydrogen-bond donors (Lipinski definition) is 0. The fourth-order valence-corrected chi connectivity index (χ4v) is 2.89. The first-order chi connectivity index (χ1) is 3.97. The van der Waals surface area contributed by atoms with Gasteiger partial charge in [0.05, 0.1) is 0 Å². The number of nitrogens with zero attached hydrogens (tertiary/aromatic N) is 1. The summed E-state index contributed by atoms with van der Waals surface area (Å²) >= 11 is 3.79. The molecule has 0 saturated carbocycles. The van der Waals surface area contributed by atoms with Crippen molar-refractivity contribution in [2.75, 3.05) is 12.3 Å². The molecule has 0 aromatic heterocycles. The Hall–Kier alpha value is 0.240. The third kappa shape index (κ3) is 0.650. The average molecular weight is 144 g/mol.